The average Bonchev–Trinajstić information content (AvgIpc) is 2.02. The lowest BCUT2D eigenvalue weighted by Gasteiger charge is -2.02. The Hall–Kier alpha value is -0.710. The third-order valence-electron chi connectivity index (χ3n) is 0.875. The molecular formula is C7H12O4S. The average molecular weight is 192 g/mol. The molecule has 12 heavy (non-hydrogen) atoms. The first-order valence-electron chi connectivity index (χ1n) is 3.65. The second-order valence-electron chi connectivity index (χ2n) is 1.78. The highest BCUT2D eigenvalue weighted by Gasteiger charge is 2.06. The van der Waals surface area contributed by atoms with Crippen LogP contribution < -0.4 is 0 Å². The molecule has 0 radical (unpaired) electrons. The van der Waals surface area contributed by atoms with Crippen molar-refractivity contribution in [2.45, 2.75) is 13.8 Å². The van der Waals surface area contributed by atoms with Gasteiger partial charge in [-0.1, -0.05) is 6.92 Å². The molecule has 0 amide bonds. The molecule has 0 aliphatic heterocycles. The topological polar surface area (TPSA) is 52.6 Å². The van der Waals surface area contributed by atoms with Crippen molar-refractivity contribution in [3.8, 4) is 0 Å². The fraction of sp³-hybridized carbons (Fsp3) is 0.714. The molecule has 0 aromatic heterocycles. The molecule has 0 unspecified atom stereocenters. The van der Waals surface area contributed by atoms with Gasteiger partial charge in [0.15, 0.2) is 6.61 Å². The van der Waals surface area contributed by atoms with Crippen LogP contribution in [0.15, 0.2) is 0 Å². The maximum Gasteiger partial charge on any atom is 0.367 e. The van der Waals surface area contributed by atoms with E-state index < -0.39 is 11.3 Å². The summed E-state index contributed by atoms with van der Waals surface area (Å²) in [4.78, 5) is 21.3. The molecule has 4 nitrogen and oxygen atoms in total. The molecule has 5 heteroatoms. The van der Waals surface area contributed by atoms with E-state index in [1.807, 2.05) is 6.92 Å². The molecule has 0 aliphatic carbocycles. The van der Waals surface area contributed by atoms with Crippen LogP contribution in [-0.2, 0) is 14.3 Å². The third-order valence-corrected chi connectivity index (χ3v) is 1.52. The van der Waals surface area contributed by atoms with Gasteiger partial charge in [-0.3, -0.25) is 0 Å². The van der Waals surface area contributed by atoms with Crippen LogP contribution >= 0.6 is 11.8 Å². The molecule has 0 heterocycles. The first-order chi connectivity index (χ1) is 5.70. The second kappa shape index (κ2) is 6.97. The highest BCUT2D eigenvalue weighted by atomic mass is 32.2. The normalized spacial score (nSPS) is 9.17. The summed E-state index contributed by atoms with van der Waals surface area (Å²) in [6.07, 6.45) is 0. The molecule has 0 bridgehead atoms. The molecule has 0 aliphatic rings. The summed E-state index contributed by atoms with van der Waals surface area (Å²) < 4.78 is 9.09. The summed E-state index contributed by atoms with van der Waals surface area (Å²) in [5.74, 6) is 0.129. The lowest BCUT2D eigenvalue weighted by Crippen LogP contribution is -2.14. The van der Waals surface area contributed by atoms with Crippen LogP contribution in [0.25, 0.3) is 0 Å². The lowest BCUT2D eigenvalue weighted by molar-refractivity contribution is -0.146. The summed E-state index contributed by atoms with van der Waals surface area (Å²) >= 11 is 1.02. The Bertz CT molecular complexity index is 139. The number of hydrogen-bond donors (Lipinski definition) is 0. The summed E-state index contributed by atoms with van der Waals surface area (Å²) in [7, 11) is 0. The van der Waals surface area contributed by atoms with Crippen molar-refractivity contribution in [3.63, 3.8) is 0 Å². The van der Waals surface area contributed by atoms with Crippen molar-refractivity contribution < 1.29 is 19.1 Å². The Morgan fingerprint density at radius 3 is 2.42 bits per heavy atom. The van der Waals surface area contributed by atoms with E-state index in [1.54, 1.807) is 6.92 Å². The third kappa shape index (κ3) is 6.03. The molecule has 0 fully saturated rings. The molecule has 0 N–H and O–H groups in total. The minimum Gasteiger partial charge on any atom is -0.463 e. The van der Waals surface area contributed by atoms with Crippen LogP contribution in [0.5, 0.6) is 0 Å². The van der Waals surface area contributed by atoms with Crippen LogP contribution in [-0.4, -0.2) is 30.2 Å². The van der Waals surface area contributed by atoms with Crippen molar-refractivity contribution in [2.24, 2.45) is 0 Å². The SMILES string of the molecule is CCOC(=O)COC(=O)SCC. The summed E-state index contributed by atoms with van der Waals surface area (Å²) in [6, 6.07) is 0. The predicted octanol–water partition coefficient (Wildman–Crippen LogP) is 1.44. The van der Waals surface area contributed by atoms with Crippen molar-refractivity contribution >= 4 is 23.0 Å². The Morgan fingerprint density at radius 2 is 1.92 bits per heavy atom. The van der Waals surface area contributed by atoms with Crippen LogP contribution in [0.1, 0.15) is 13.8 Å². The number of ether oxygens (including phenoxy) is 2. The second-order valence-corrected chi connectivity index (χ2v) is 2.98. The molecule has 0 atom stereocenters. The highest BCUT2D eigenvalue weighted by Crippen LogP contribution is 2.03. The van der Waals surface area contributed by atoms with E-state index in [1.165, 1.54) is 0 Å². The zero-order chi connectivity index (χ0) is 9.40. The van der Waals surface area contributed by atoms with Gasteiger partial charge in [-0.15, -0.1) is 0 Å². The number of carbonyl (C=O) groups excluding carboxylic acids is 2. The van der Waals surface area contributed by atoms with Gasteiger partial charge in [-0.2, -0.15) is 0 Å². The first kappa shape index (κ1) is 11.3. The van der Waals surface area contributed by atoms with E-state index >= 15 is 0 Å². The van der Waals surface area contributed by atoms with Crippen LogP contribution in [0.3, 0.4) is 0 Å². The van der Waals surface area contributed by atoms with Crippen LogP contribution in [0.4, 0.5) is 4.79 Å². The smallest absolute Gasteiger partial charge is 0.367 e. The van der Waals surface area contributed by atoms with Crippen LogP contribution in [0, 0.1) is 0 Å². The first-order valence-corrected chi connectivity index (χ1v) is 4.64. The monoisotopic (exact) mass is 192 g/mol. The predicted molar refractivity (Wildman–Crippen MR) is 46.1 cm³/mol. The number of carbonyl (C=O) groups is 2. The van der Waals surface area contributed by atoms with Gasteiger partial charge < -0.3 is 9.47 Å². The van der Waals surface area contributed by atoms with E-state index in [0.29, 0.717) is 12.4 Å². The van der Waals surface area contributed by atoms with Crippen molar-refractivity contribution in [1.82, 2.24) is 0 Å². The summed E-state index contributed by atoms with van der Waals surface area (Å²) in [5.41, 5.74) is 0. The van der Waals surface area contributed by atoms with Gasteiger partial charge in [0, 0.05) is 5.75 Å². The molecule has 0 saturated heterocycles. The summed E-state index contributed by atoms with van der Waals surface area (Å²) in [6.45, 7) is 3.54. The zero-order valence-corrected chi connectivity index (χ0v) is 7.98. The maximum atomic E-state index is 10.7. The number of hydrogen-bond acceptors (Lipinski definition) is 5. The fourth-order valence-electron chi connectivity index (χ4n) is 0.480. The van der Waals surface area contributed by atoms with E-state index in [9.17, 15) is 9.59 Å². The van der Waals surface area contributed by atoms with Gasteiger partial charge in [-0.25, -0.2) is 9.59 Å². The van der Waals surface area contributed by atoms with E-state index in [-0.39, 0.29) is 6.61 Å². The van der Waals surface area contributed by atoms with E-state index in [0.717, 1.165) is 11.8 Å². The van der Waals surface area contributed by atoms with E-state index in [2.05, 4.69) is 9.47 Å². The minimum absolute atomic E-state index is 0.292. The maximum absolute atomic E-state index is 10.7. The molecule has 0 aromatic carbocycles. The minimum atomic E-state index is -0.512. The van der Waals surface area contributed by atoms with Gasteiger partial charge >= 0.3 is 11.3 Å². The molecule has 0 spiro atoms. The fourth-order valence-corrected chi connectivity index (χ4v) is 0.858. The summed E-state index contributed by atoms with van der Waals surface area (Å²) in [5, 5.41) is -0.439. The zero-order valence-electron chi connectivity index (χ0n) is 7.16. The Labute approximate surface area is 75.6 Å². The molecular weight excluding hydrogens is 180 g/mol. The highest BCUT2D eigenvalue weighted by molar-refractivity contribution is 8.13. The van der Waals surface area contributed by atoms with Crippen LogP contribution in [0.2, 0.25) is 0 Å². The van der Waals surface area contributed by atoms with Gasteiger partial charge in [0.1, 0.15) is 0 Å². The molecule has 70 valence electrons. The van der Waals surface area contributed by atoms with Crippen molar-refractivity contribution in [2.75, 3.05) is 19.0 Å². The Balaban J connectivity index is 3.40. The standard InChI is InChI=1S/C7H12O4S/c1-3-10-6(8)5-11-7(9)12-4-2/h3-5H2,1-2H3. The van der Waals surface area contributed by atoms with Gasteiger partial charge in [0.05, 0.1) is 6.61 Å². The van der Waals surface area contributed by atoms with Crippen molar-refractivity contribution in [3.05, 3.63) is 0 Å². The Kier molecular flexibility index (Phi) is 6.55. The molecule has 0 rings (SSSR count). The van der Waals surface area contributed by atoms with Gasteiger partial charge in [0.2, 0.25) is 0 Å². The van der Waals surface area contributed by atoms with Crippen molar-refractivity contribution in [1.29, 1.82) is 0 Å². The van der Waals surface area contributed by atoms with E-state index in [4.69, 9.17) is 0 Å². The largest absolute Gasteiger partial charge is 0.463 e. The van der Waals surface area contributed by atoms with Gasteiger partial charge in [0.25, 0.3) is 0 Å². The lowest BCUT2D eigenvalue weighted by atomic mass is 10.7. The molecule has 0 saturated carbocycles. The number of thioether (sulfide) groups is 1. The van der Waals surface area contributed by atoms with Gasteiger partial charge in [-0.05, 0) is 18.7 Å². The number of rotatable bonds is 4. The number of esters is 1. The molecule has 0 aromatic rings. The Morgan fingerprint density at radius 1 is 1.25 bits per heavy atom. The quantitative estimate of drug-likeness (QED) is 0.631.